The molecule has 6 nitrogen and oxygen atoms in total. The first kappa shape index (κ1) is 17.5. The van der Waals surface area contributed by atoms with Gasteiger partial charge in [-0.2, -0.15) is 0 Å². The fourth-order valence-electron chi connectivity index (χ4n) is 2.38. The molecule has 134 valence electrons. The average Bonchev–Trinajstić information content (AvgIpc) is 3.15. The second kappa shape index (κ2) is 8.20. The van der Waals surface area contributed by atoms with Crippen molar-refractivity contribution in [3.8, 4) is 11.3 Å². The van der Waals surface area contributed by atoms with Crippen LogP contribution in [0, 0.1) is 0 Å². The van der Waals surface area contributed by atoms with E-state index in [0.717, 1.165) is 16.8 Å². The summed E-state index contributed by atoms with van der Waals surface area (Å²) in [7, 11) is 3.96. The molecule has 3 aromatic rings. The minimum absolute atomic E-state index is 0.168. The zero-order valence-electron chi connectivity index (χ0n) is 14.8. The molecule has 0 aliphatic carbocycles. The summed E-state index contributed by atoms with van der Waals surface area (Å²) >= 11 is 0. The highest BCUT2D eigenvalue weighted by atomic mass is 16.5. The van der Waals surface area contributed by atoms with E-state index in [-0.39, 0.29) is 13.2 Å². The molecule has 0 saturated carbocycles. The van der Waals surface area contributed by atoms with Crippen LogP contribution in [0.15, 0.2) is 65.2 Å². The Hall–Kier alpha value is -3.28. The maximum atomic E-state index is 11.8. The van der Waals surface area contributed by atoms with E-state index in [2.05, 4.69) is 10.3 Å². The number of hydrogen-bond acceptors (Lipinski definition) is 5. The summed E-state index contributed by atoms with van der Waals surface area (Å²) in [4.78, 5) is 18.0. The molecule has 3 rings (SSSR count). The summed E-state index contributed by atoms with van der Waals surface area (Å²) in [5, 5.41) is 2.64. The highest BCUT2D eigenvalue weighted by Crippen LogP contribution is 2.24. The number of nitrogens with one attached hydrogen (secondary N) is 1. The Labute approximate surface area is 152 Å². The third-order valence-corrected chi connectivity index (χ3v) is 3.80. The molecule has 0 spiro atoms. The molecule has 1 amide bonds. The van der Waals surface area contributed by atoms with Gasteiger partial charge in [0.05, 0.1) is 12.7 Å². The highest BCUT2D eigenvalue weighted by molar-refractivity contribution is 5.67. The van der Waals surface area contributed by atoms with Crippen LogP contribution >= 0.6 is 0 Å². The van der Waals surface area contributed by atoms with E-state index in [1.165, 1.54) is 0 Å². The molecule has 0 bridgehead atoms. The van der Waals surface area contributed by atoms with Crippen molar-refractivity contribution in [1.29, 1.82) is 0 Å². The molecule has 0 saturated heterocycles. The van der Waals surface area contributed by atoms with E-state index in [4.69, 9.17) is 9.15 Å². The lowest BCUT2D eigenvalue weighted by Gasteiger charge is -2.12. The topological polar surface area (TPSA) is 67.6 Å². The van der Waals surface area contributed by atoms with Gasteiger partial charge in [-0.3, -0.25) is 0 Å². The van der Waals surface area contributed by atoms with Crippen LogP contribution in [0.5, 0.6) is 0 Å². The lowest BCUT2D eigenvalue weighted by molar-refractivity contribution is 0.138. The zero-order valence-corrected chi connectivity index (χ0v) is 14.8. The van der Waals surface area contributed by atoms with Gasteiger partial charge in [-0.1, -0.05) is 42.5 Å². The molecule has 0 aliphatic rings. The van der Waals surface area contributed by atoms with Gasteiger partial charge in [0.15, 0.2) is 5.76 Å². The summed E-state index contributed by atoms with van der Waals surface area (Å²) in [6.07, 6.45) is 1.14. The fourth-order valence-corrected chi connectivity index (χ4v) is 2.38. The zero-order chi connectivity index (χ0) is 18.4. The predicted molar refractivity (Wildman–Crippen MR) is 99.7 cm³/mol. The molecule has 6 heteroatoms. The lowest BCUT2D eigenvalue weighted by atomic mass is 10.1. The number of aromatic nitrogens is 1. The number of amides is 1. The smallest absolute Gasteiger partial charge is 0.407 e. The van der Waals surface area contributed by atoms with Crippen molar-refractivity contribution in [2.45, 2.75) is 13.2 Å². The fraction of sp³-hybridized carbons (Fsp3) is 0.200. The standard InChI is InChI=1S/C20H21N3O3/c1-23(2)17-10-6-9-16(11-17)18-12-21-19(26-18)13-22-20(24)25-14-15-7-4-3-5-8-15/h3-12H,13-14H2,1-2H3,(H,22,24). The number of alkyl carbamates (subject to hydrolysis) is 1. The number of carbonyl (C=O) groups excluding carboxylic acids is 1. The van der Waals surface area contributed by atoms with Gasteiger partial charge in [-0.15, -0.1) is 0 Å². The van der Waals surface area contributed by atoms with Gasteiger partial charge in [0.25, 0.3) is 0 Å². The lowest BCUT2D eigenvalue weighted by Crippen LogP contribution is -2.23. The summed E-state index contributed by atoms with van der Waals surface area (Å²) in [6, 6.07) is 17.5. The van der Waals surface area contributed by atoms with Crippen molar-refractivity contribution >= 4 is 11.8 Å². The van der Waals surface area contributed by atoms with Crippen molar-refractivity contribution in [3.63, 3.8) is 0 Å². The Morgan fingerprint density at radius 1 is 1.15 bits per heavy atom. The van der Waals surface area contributed by atoms with Crippen molar-refractivity contribution in [2.24, 2.45) is 0 Å². The van der Waals surface area contributed by atoms with Gasteiger partial charge in [0.2, 0.25) is 5.89 Å². The maximum Gasteiger partial charge on any atom is 0.407 e. The Morgan fingerprint density at radius 2 is 1.96 bits per heavy atom. The number of nitrogens with zero attached hydrogens (tertiary/aromatic N) is 2. The van der Waals surface area contributed by atoms with E-state index in [9.17, 15) is 4.79 Å². The molecule has 0 unspecified atom stereocenters. The molecule has 0 radical (unpaired) electrons. The summed E-state index contributed by atoms with van der Waals surface area (Å²) in [5.41, 5.74) is 2.94. The van der Waals surface area contributed by atoms with Gasteiger partial charge in [-0.25, -0.2) is 9.78 Å². The molecule has 26 heavy (non-hydrogen) atoms. The van der Waals surface area contributed by atoms with Crippen LogP contribution in [0.4, 0.5) is 10.5 Å². The third-order valence-electron chi connectivity index (χ3n) is 3.80. The summed E-state index contributed by atoms with van der Waals surface area (Å²) in [5.74, 6) is 1.08. The summed E-state index contributed by atoms with van der Waals surface area (Å²) in [6.45, 7) is 0.391. The van der Waals surface area contributed by atoms with Crippen LogP contribution in [0.3, 0.4) is 0 Å². The van der Waals surface area contributed by atoms with Gasteiger partial charge in [0.1, 0.15) is 6.61 Å². The van der Waals surface area contributed by atoms with Crippen LogP contribution < -0.4 is 10.2 Å². The number of carbonyl (C=O) groups is 1. The number of anilines is 1. The number of rotatable bonds is 6. The largest absolute Gasteiger partial charge is 0.445 e. The average molecular weight is 351 g/mol. The Morgan fingerprint density at radius 3 is 2.73 bits per heavy atom. The number of benzene rings is 2. The minimum atomic E-state index is -0.511. The van der Waals surface area contributed by atoms with Crippen LogP contribution in [0.1, 0.15) is 11.5 Å². The van der Waals surface area contributed by atoms with E-state index in [1.807, 2.05) is 73.6 Å². The second-order valence-corrected chi connectivity index (χ2v) is 5.98. The van der Waals surface area contributed by atoms with Crippen molar-refractivity contribution in [1.82, 2.24) is 10.3 Å². The molecule has 1 heterocycles. The molecule has 1 N–H and O–H groups in total. The number of ether oxygens (including phenoxy) is 1. The van der Waals surface area contributed by atoms with E-state index < -0.39 is 6.09 Å². The Kier molecular flexibility index (Phi) is 5.53. The van der Waals surface area contributed by atoms with Gasteiger partial charge in [0, 0.05) is 25.3 Å². The minimum Gasteiger partial charge on any atom is -0.445 e. The Bertz CT molecular complexity index is 860. The maximum absolute atomic E-state index is 11.8. The number of hydrogen-bond donors (Lipinski definition) is 1. The first-order valence-electron chi connectivity index (χ1n) is 8.29. The normalized spacial score (nSPS) is 10.4. The van der Waals surface area contributed by atoms with E-state index in [0.29, 0.717) is 11.7 Å². The summed E-state index contributed by atoms with van der Waals surface area (Å²) < 4.78 is 10.9. The highest BCUT2D eigenvalue weighted by Gasteiger charge is 2.09. The molecular weight excluding hydrogens is 330 g/mol. The van der Waals surface area contributed by atoms with Crippen LogP contribution in [-0.2, 0) is 17.9 Å². The molecule has 0 atom stereocenters. The molecular formula is C20H21N3O3. The molecule has 0 aliphatic heterocycles. The SMILES string of the molecule is CN(C)c1cccc(-c2cnc(CNC(=O)OCc3ccccc3)o2)c1. The van der Waals surface area contributed by atoms with Crippen LogP contribution in [-0.4, -0.2) is 25.2 Å². The van der Waals surface area contributed by atoms with Crippen molar-refractivity contribution < 1.29 is 13.9 Å². The van der Waals surface area contributed by atoms with E-state index >= 15 is 0 Å². The second-order valence-electron chi connectivity index (χ2n) is 5.98. The Balaban J connectivity index is 1.53. The monoisotopic (exact) mass is 351 g/mol. The van der Waals surface area contributed by atoms with Gasteiger partial charge < -0.3 is 19.4 Å². The van der Waals surface area contributed by atoms with Crippen LogP contribution in [0.2, 0.25) is 0 Å². The predicted octanol–water partition coefficient (Wildman–Crippen LogP) is 3.83. The van der Waals surface area contributed by atoms with Crippen molar-refractivity contribution in [2.75, 3.05) is 19.0 Å². The van der Waals surface area contributed by atoms with E-state index in [1.54, 1.807) is 6.20 Å². The number of oxazole rings is 1. The van der Waals surface area contributed by atoms with Gasteiger partial charge >= 0.3 is 6.09 Å². The third kappa shape index (κ3) is 4.63. The molecule has 2 aromatic carbocycles. The molecule has 1 aromatic heterocycles. The first-order valence-corrected chi connectivity index (χ1v) is 8.29. The first-order chi connectivity index (χ1) is 12.6. The van der Waals surface area contributed by atoms with Crippen LogP contribution in [0.25, 0.3) is 11.3 Å². The van der Waals surface area contributed by atoms with Gasteiger partial charge in [-0.05, 0) is 17.7 Å². The van der Waals surface area contributed by atoms with Crippen molar-refractivity contribution in [3.05, 3.63) is 72.2 Å². The quantitative estimate of drug-likeness (QED) is 0.731. The molecule has 0 fully saturated rings.